The van der Waals surface area contributed by atoms with E-state index in [1.165, 1.54) is 4.68 Å². The van der Waals surface area contributed by atoms with Crippen LogP contribution in [0.3, 0.4) is 0 Å². The molecule has 0 unspecified atom stereocenters. The second-order valence-corrected chi connectivity index (χ2v) is 4.84. The molecular weight excluding hydrogens is 257 g/mol. The average Bonchev–Trinajstić information content (AvgIpc) is 2.98. The predicted octanol–water partition coefficient (Wildman–Crippen LogP) is 2.25. The second kappa shape index (κ2) is 6.65. The van der Waals surface area contributed by atoms with E-state index >= 15 is 0 Å². The Morgan fingerprint density at radius 3 is 2.70 bits per heavy atom. The van der Waals surface area contributed by atoms with Gasteiger partial charge in [-0.1, -0.05) is 6.92 Å². The van der Waals surface area contributed by atoms with E-state index in [9.17, 15) is 4.39 Å². The zero-order valence-electron chi connectivity index (χ0n) is 12.4. The molecule has 2 rings (SSSR count). The van der Waals surface area contributed by atoms with Gasteiger partial charge < -0.3 is 5.32 Å². The molecule has 0 fully saturated rings. The topological polar surface area (TPSA) is 47.7 Å². The fourth-order valence-corrected chi connectivity index (χ4v) is 2.17. The summed E-state index contributed by atoms with van der Waals surface area (Å²) in [6.45, 7) is 8.42. The summed E-state index contributed by atoms with van der Waals surface area (Å²) in [5.74, 6) is -0.242. The molecule has 0 aromatic carbocycles. The highest BCUT2D eigenvalue weighted by molar-refractivity contribution is 5.17. The van der Waals surface area contributed by atoms with Crippen molar-refractivity contribution in [1.82, 2.24) is 24.9 Å². The lowest BCUT2D eigenvalue weighted by atomic mass is 10.2. The van der Waals surface area contributed by atoms with Crippen molar-refractivity contribution in [2.75, 3.05) is 0 Å². The van der Waals surface area contributed by atoms with Gasteiger partial charge in [-0.2, -0.15) is 14.6 Å². The van der Waals surface area contributed by atoms with Crippen LogP contribution in [0, 0.1) is 12.9 Å². The second-order valence-electron chi connectivity index (χ2n) is 4.84. The molecule has 0 saturated carbocycles. The molecule has 1 N–H and O–H groups in total. The van der Waals surface area contributed by atoms with Crippen molar-refractivity contribution in [3.63, 3.8) is 0 Å². The average molecular weight is 279 g/mol. The Balaban J connectivity index is 1.90. The van der Waals surface area contributed by atoms with Gasteiger partial charge in [0.15, 0.2) is 0 Å². The van der Waals surface area contributed by atoms with Crippen molar-refractivity contribution in [1.29, 1.82) is 0 Å². The molecule has 5 nitrogen and oxygen atoms in total. The van der Waals surface area contributed by atoms with Crippen LogP contribution in [-0.2, 0) is 26.2 Å². The number of hydrogen-bond donors (Lipinski definition) is 1. The Hall–Kier alpha value is -1.69. The molecule has 0 bridgehead atoms. The zero-order chi connectivity index (χ0) is 14.5. The number of hydrogen-bond acceptors (Lipinski definition) is 3. The predicted molar refractivity (Wildman–Crippen MR) is 75.7 cm³/mol. The van der Waals surface area contributed by atoms with Gasteiger partial charge in [0, 0.05) is 37.9 Å². The van der Waals surface area contributed by atoms with E-state index in [1.807, 2.05) is 30.8 Å². The van der Waals surface area contributed by atoms with Gasteiger partial charge in [-0.05, 0) is 26.3 Å². The lowest BCUT2D eigenvalue weighted by molar-refractivity contribution is 0.460. The lowest BCUT2D eigenvalue weighted by Gasteiger charge is -2.02. The molecule has 0 aliphatic rings. The molecule has 6 heteroatoms. The summed E-state index contributed by atoms with van der Waals surface area (Å²) >= 11 is 0. The molecule has 0 saturated heterocycles. The van der Waals surface area contributed by atoms with Gasteiger partial charge in [-0.25, -0.2) is 4.68 Å². The fourth-order valence-electron chi connectivity index (χ4n) is 2.17. The van der Waals surface area contributed by atoms with Gasteiger partial charge in [0.1, 0.15) is 0 Å². The highest BCUT2D eigenvalue weighted by Crippen LogP contribution is 2.12. The van der Waals surface area contributed by atoms with Gasteiger partial charge in [0.05, 0.1) is 11.4 Å². The highest BCUT2D eigenvalue weighted by atomic mass is 19.1. The summed E-state index contributed by atoms with van der Waals surface area (Å²) in [5, 5.41) is 11.8. The maximum atomic E-state index is 14.0. The highest BCUT2D eigenvalue weighted by Gasteiger charge is 2.13. The largest absolute Gasteiger partial charge is 0.307 e. The number of halogens is 1. The van der Waals surface area contributed by atoms with Gasteiger partial charge >= 0.3 is 0 Å². The van der Waals surface area contributed by atoms with Gasteiger partial charge in [0.2, 0.25) is 5.95 Å². The van der Waals surface area contributed by atoms with Crippen LogP contribution in [0.25, 0.3) is 0 Å². The van der Waals surface area contributed by atoms with Crippen molar-refractivity contribution in [2.45, 2.75) is 53.4 Å². The first-order valence-corrected chi connectivity index (χ1v) is 7.10. The normalized spacial score (nSPS) is 11.2. The summed E-state index contributed by atoms with van der Waals surface area (Å²) in [6.07, 6.45) is 3.04. The zero-order valence-corrected chi connectivity index (χ0v) is 12.4. The standard InChI is InChI=1S/C14H22FN5/c1-4-7-19-8-6-12(18-19)9-16-10-13-11(3)17-20(5-2)14(13)15/h6,8,16H,4-5,7,9-10H2,1-3H3. The number of aryl methyl sites for hydroxylation is 3. The molecule has 2 aromatic rings. The molecule has 0 spiro atoms. The molecule has 0 aliphatic carbocycles. The summed E-state index contributed by atoms with van der Waals surface area (Å²) in [5.41, 5.74) is 2.35. The van der Waals surface area contributed by atoms with Crippen molar-refractivity contribution in [3.05, 3.63) is 35.2 Å². The molecule has 0 aliphatic heterocycles. The smallest absolute Gasteiger partial charge is 0.216 e. The number of nitrogens with one attached hydrogen (secondary N) is 1. The van der Waals surface area contributed by atoms with Crippen LogP contribution in [0.4, 0.5) is 4.39 Å². The van der Waals surface area contributed by atoms with Crippen molar-refractivity contribution in [2.24, 2.45) is 0 Å². The van der Waals surface area contributed by atoms with Crippen LogP contribution < -0.4 is 5.32 Å². The molecule has 0 atom stereocenters. The van der Waals surface area contributed by atoms with Gasteiger partial charge in [0.25, 0.3) is 0 Å². The van der Waals surface area contributed by atoms with Crippen LogP contribution in [0.2, 0.25) is 0 Å². The van der Waals surface area contributed by atoms with Gasteiger partial charge in [-0.3, -0.25) is 4.68 Å². The minimum atomic E-state index is -0.242. The van der Waals surface area contributed by atoms with Crippen LogP contribution >= 0.6 is 0 Å². The molecule has 110 valence electrons. The number of nitrogens with zero attached hydrogens (tertiary/aromatic N) is 4. The first kappa shape index (κ1) is 14.7. The Kier molecular flexibility index (Phi) is 4.89. The maximum absolute atomic E-state index is 14.0. The third kappa shape index (κ3) is 3.25. The van der Waals surface area contributed by atoms with Crippen LogP contribution in [0.15, 0.2) is 12.3 Å². The molecule has 0 amide bonds. The van der Waals surface area contributed by atoms with Crippen molar-refractivity contribution in [3.8, 4) is 0 Å². The third-order valence-electron chi connectivity index (χ3n) is 3.24. The Morgan fingerprint density at radius 2 is 2.05 bits per heavy atom. The summed E-state index contributed by atoms with van der Waals surface area (Å²) in [7, 11) is 0. The minimum absolute atomic E-state index is 0.242. The van der Waals surface area contributed by atoms with Crippen LogP contribution in [0.5, 0.6) is 0 Å². The van der Waals surface area contributed by atoms with E-state index in [4.69, 9.17) is 0 Å². The molecule has 0 radical (unpaired) electrons. The van der Waals surface area contributed by atoms with Crippen LogP contribution in [-0.4, -0.2) is 19.6 Å². The first-order chi connectivity index (χ1) is 9.65. The maximum Gasteiger partial charge on any atom is 0.216 e. The fraction of sp³-hybridized carbons (Fsp3) is 0.571. The lowest BCUT2D eigenvalue weighted by Crippen LogP contribution is -2.15. The summed E-state index contributed by atoms with van der Waals surface area (Å²) in [6, 6.07) is 1.99. The molecule has 20 heavy (non-hydrogen) atoms. The van der Waals surface area contributed by atoms with E-state index in [0.29, 0.717) is 25.2 Å². The number of aromatic nitrogens is 4. The van der Waals surface area contributed by atoms with E-state index in [0.717, 1.165) is 24.4 Å². The SMILES string of the molecule is CCCn1ccc(CNCc2c(C)nn(CC)c2F)n1. The van der Waals surface area contributed by atoms with E-state index in [1.54, 1.807) is 0 Å². The minimum Gasteiger partial charge on any atom is -0.307 e. The van der Waals surface area contributed by atoms with Crippen LogP contribution in [0.1, 0.15) is 37.2 Å². The molecular formula is C14H22FN5. The summed E-state index contributed by atoms with van der Waals surface area (Å²) < 4.78 is 17.3. The number of rotatable bonds is 7. The van der Waals surface area contributed by atoms with E-state index < -0.39 is 0 Å². The van der Waals surface area contributed by atoms with E-state index in [2.05, 4.69) is 22.4 Å². The van der Waals surface area contributed by atoms with Crippen molar-refractivity contribution >= 4 is 0 Å². The molecule has 2 aromatic heterocycles. The Morgan fingerprint density at radius 1 is 1.25 bits per heavy atom. The Bertz CT molecular complexity index is 558. The quantitative estimate of drug-likeness (QED) is 0.845. The third-order valence-corrected chi connectivity index (χ3v) is 3.24. The summed E-state index contributed by atoms with van der Waals surface area (Å²) in [4.78, 5) is 0. The first-order valence-electron chi connectivity index (χ1n) is 7.10. The Labute approximate surface area is 118 Å². The van der Waals surface area contributed by atoms with E-state index in [-0.39, 0.29) is 5.95 Å². The molecule has 2 heterocycles. The monoisotopic (exact) mass is 279 g/mol. The van der Waals surface area contributed by atoms with Crippen molar-refractivity contribution < 1.29 is 4.39 Å². The van der Waals surface area contributed by atoms with Gasteiger partial charge in [-0.15, -0.1) is 0 Å².